The molecule has 1 fully saturated rings. The number of nitrogens with one attached hydrogen (secondary N) is 1. The van der Waals surface area contributed by atoms with Crippen LogP contribution in [0.5, 0.6) is 0 Å². The molecule has 1 aliphatic heterocycles. The van der Waals surface area contributed by atoms with Crippen molar-refractivity contribution in [2.24, 2.45) is 5.92 Å². The third kappa shape index (κ3) is 3.59. The fraction of sp³-hybridized carbons (Fsp3) is 0.364. The molecule has 27 heavy (non-hydrogen) atoms. The lowest BCUT2D eigenvalue weighted by Crippen LogP contribution is -2.34. The molecule has 2 unspecified atom stereocenters. The number of hydrogen-bond acceptors (Lipinski definition) is 2. The lowest BCUT2D eigenvalue weighted by atomic mass is 10.0. The highest BCUT2D eigenvalue weighted by Gasteiger charge is 2.35. The van der Waals surface area contributed by atoms with Gasteiger partial charge in [-0.25, -0.2) is 4.39 Å². The number of carbonyl (C=O) groups excluding carboxylic acids is 2. The third-order valence-electron chi connectivity index (χ3n) is 5.62. The molecular weight excluding hydrogens is 343 g/mol. The molecule has 1 heterocycles. The first-order valence-electron chi connectivity index (χ1n) is 9.49. The van der Waals surface area contributed by atoms with Crippen LogP contribution in [0.2, 0.25) is 0 Å². The first-order chi connectivity index (χ1) is 13.0. The molecule has 2 amide bonds. The number of rotatable bonds is 4. The van der Waals surface area contributed by atoms with Gasteiger partial charge in [0.15, 0.2) is 0 Å². The second-order valence-corrected chi connectivity index (χ2v) is 7.49. The normalized spacial score (nSPS) is 19.9. The van der Waals surface area contributed by atoms with E-state index in [-0.39, 0.29) is 36.0 Å². The summed E-state index contributed by atoms with van der Waals surface area (Å²) in [6.07, 6.45) is 3.55. The van der Waals surface area contributed by atoms with E-state index in [0.29, 0.717) is 6.54 Å². The molecule has 1 saturated heterocycles. The van der Waals surface area contributed by atoms with Gasteiger partial charge in [-0.15, -0.1) is 0 Å². The van der Waals surface area contributed by atoms with E-state index in [0.717, 1.165) is 24.1 Å². The number of halogens is 1. The Morgan fingerprint density at radius 3 is 2.67 bits per heavy atom. The van der Waals surface area contributed by atoms with Crippen molar-refractivity contribution in [3.63, 3.8) is 0 Å². The van der Waals surface area contributed by atoms with Gasteiger partial charge >= 0.3 is 0 Å². The monoisotopic (exact) mass is 366 g/mol. The van der Waals surface area contributed by atoms with Gasteiger partial charge in [0.05, 0.1) is 12.0 Å². The maximum Gasteiger partial charge on any atom is 0.227 e. The Kier molecular flexibility index (Phi) is 4.68. The van der Waals surface area contributed by atoms with Crippen molar-refractivity contribution >= 4 is 17.5 Å². The zero-order valence-corrected chi connectivity index (χ0v) is 15.4. The van der Waals surface area contributed by atoms with Crippen LogP contribution in [0.4, 0.5) is 10.1 Å². The van der Waals surface area contributed by atoms with Crippen LogP contribution in [0.15, 0.2) is 42.5 Å². The molecule has 0 spiro atoms. The van der Waals surface area contributed by atoms with Crippen molar-refractivity contribution in [2.75, 3.05) is 11.4 Å². The Morgan fingerprint density at radius 2 is 1.89 bits per heavy atom. The summed E-state index contributed by atoms with van der Waals surface area (Å²) in [7, 11) is 0. The quantitative estimate of drug-likeness (QED) is 0.900. The molecule has 0 radical (unpaired) electrons. The average molecular weight is 366 g/mol. The van der Waals surface area contributed by atoms with E-state index < -0.39 is 0 Å². The van der Waals surface area contributed by atoms with Gasteiger partial charge in [0.25, 0.3) is 0 Å². The number of benzene rings is 2. The summed E-state index contributed by atoms with van der Waals surface area (Å²) >= 11 is 0. The number of fused-ring (bicyclic) bond motifs is 1. The Hall–Kier alpha value is -2.69. The molecule has 0 aromatic heterocycles. The van der Waals surface area contributed by atoms with E-state index in [1.54, 1.807) is 17.0 Å². The predicted molar refractivity (Wildman–Crippen MR) is 102 cm³/mol. The lowest BCUT2D eigenvalue weighted by molar-refractivity contribution is -0.126. The number of nitrogens with zero attached hydrogens (tertiary/aromatic N) is 1. The van der Waals surface area contributed by atoms with Crippen molar-refractivity contribution in [1.29, 1.82) is 0 Å². The van der Waals surface area contributed by atoms with Crippen LogP contribution in [0, 0.1) is 11.7 Å². The predicted octanol–water partition coefficient (Wildman–Crippen LogP) is 3.54. The molecule has 0 saturated carbocycles. The summed E-state index contributed by atoms with van der Waals surface area (Å²) in [5.74, 6) is -0.816. The van der Waals surface area contributed by atoms with Gasteiger partial charge in [0.1, 0.15) is 5.82 Å². The Labute approximate surface area is 158 Å². The van der Waals surface area contributed by atoms with Crippen LogP contribution in [0.3, 0.4) is 0 Å². The van der Waals surface area contributed by atoms with Gasteiger partial charge in [-0.05, 0) is 67.1 Å². The zero-order valence-electron chi connectivity index (χ0n) is 15.4. The van der Waals surface area contributed by atoms with Crippen molar-refractivity contribution < 1.29 is 14.0 Å². The molecule has 2 aliphatic rings. The Balaban J connectivity index is 1.42. The molecule has 4 rings (SSSR count). The topological polar surface area (TPSA) is 49.4 Å². The van der Waals surface area contributed by atoms with E-state index in [1.165, 1.54) is 29.7 Å². The molecule has 1 N–H and O–H groups in total. The largest absolute Gasteiger partial charge is 0.349 e. The minimum Gasteiger partial charge on any atom is -0.349 e. The molecule has 5 heteroatoms. The standard InChI is InChI=1S/C22H23FN2O2/c1-14(15-5-8-19(23)9-6-15)24-22(27)18-12-21(26)25(13-18)20-10-7-16-3-2-4-17(16)11-20/h5-11,14,18H,2-4,12-13H2,1H3,(H,24,27). The van der Waals surface area contributed by atoms with Gasteiger partial charge in [-0.3, -0.25) is 9.59 Å². The van der Waals surface area contributed by atoms with Crippen LogP contribution in [0.1, 0.15) is 42.5 Å². The van der Waals surface area contributed by atoms with Crippen LogP contribution < -0.4 is 10.2 Å². The van der Waals surface area contributed by atoms with E-state index in [4.69, 9.17) is 0 Å². The van der Waals surface area contributed by atoms with Crippen molar-refractivity contribution in [1.82, 2.24) is 5.32 Å². The highest BCUT2D eigenvalue weighted by molar-refractivity contribution is 6.00. The zero-order chi connectivity index (χ0) is 19.0. The van der Waals surface area contributed by atoms with Gasteiger partial charge in [0, 0.05) is 18.7 Å². The van der Waals surface area contributed by atoms with Crippen molar-refractivity contribution in [3.8, 4) is 0 Å². The van der Waals surface area contributed by atoms with Crippen LogP contribution in [0.25, 0.3) is 0 Å². The summed E-state index contributed by atoms with van der Waals surface area (Å²) in [5, 5.41) is 2.95. The molecule has 1 aliphatic carbocycles. The summed E-state index contributed by atoms with van der Waals surface area (Å²) in [6.45, 7) is 2.26. The van der Waals surface area contributed by atoms with Crippen molar-refractivity contribution in [3.05, 3.63) is 65.0 Å². The molecule has 2 aromatic carbocycles. The fourth-order valence-electron chi connectivity index (χ4n) is 4.02. The first-order valence-corrected chi connectivity index (χ1v) is 9.49. The SMILES string of the molecule is CC(NC(=O)C1CC(=O)N(c2ccc3c(c2)CCC3)C1)c1ccc(F)cc1. The molecule has 4 nitrogen and oxygen atoms in total. The van der Waals surface area contributed by atoms with Crippen LogP contribution in [-0.2, 0) is 22.4 Å². The lowest BCUT2D eigenvalue weighted by Gasteiger charge is -2.19. The highest BCUT2D eigenvalue weighted by atomic mass is 19.1. The smallest absolute Gasteiger partial charge is 0.227 e. The minimum atomic E-state index is -0.367. The van der Waals surface area contributed by atoms with Crippen molar-refractivity contribution in [2.45, 2.75) is 38.6 Å². The van der Waals surface area contributed by atoms with Gasteiger partial charge in [-0.1, -0.05) is 18.2 Å². The second kappa shape index (κ2) is 7.14. The maximum atomic E-state index is 13.1. The number of carbonyl (C=O) groups is 2. The van der Waals surface area contributed by atoms with Crippen LogP contribution >= 0.6 is 0 Å². The van der Waals surface area contributed by atoms with E-state index in [9.17, 15) is 14.0 Å². The minimum absolute atomic E-state index is 0.0115. The molecule has 2 aromatic rings. The summed E-state index contributed by atoms with van der Waals surface area (Å²) in [5.41, 5.74) is 4.41. The Bertz CT molecular complexity index is 878. The molecule has 140 valence electrons. The van der Waals surface area contributed by atoms with E-state index in [2.05, 4.69) is 17.4 Å². The second-order valence-electron chi connectivity index (χ2n) is 7.49. The number of anilines is 1. The Morgan fingerprint density at radius 1 is 1.15 bits per heavy atom. The highest BCUT2D eigenvalue weighted by Crippen LogP contribution is 2.30. The maximum absolute atomic E-state index is 13.1. The number of amides is 2. The van der Waals surface area contributed by atoms with E-state index >= 15 is 0 Å². The molecule has 0 bridgehead atoms. The fourth-order valence-corrected chi connectivity index (χ4v) is 4.02. The average Bonchev–Trinajstić information content (AvgIpc) is 3.27. The van der Waals surface area contributed by atoms with Crippen LogP contribution in [-0.4, -0.2) is 18.4 Å². The van der Waals surface area contributed by atoms with Gasteiger partial charge < -0.3 is 10.2 Å². The number of hydrogen-bond donors (Lipinski definition) is 1. The molecule has 2 atom stereocenters. The summed E-state index contributed by atoms with van der Waals surface area (Å²) in [6, 6.07) is 12.1. The first kappa shape index (κ1) is 17.7. The summed E-state index contributed by atoms with van der Waals surface area (Å²) < 4.78 is 13.1. The van der Waals surface area contributed by atoms with Gasteiger partial charge in [-0.2, -0.15) is 0 Å². The third-order valence-corrected chi connectivity index (χ3v) is 5.62. The summed E-state index contributed by atoms with van der Waals surface area (Å²) in [4.78, 5) is 26.9. The van der Waals surface area contributed by atoms with Gasteiger partial charge in [0.2, 0.25) is 11.8 Å². The molecular formula is C22H23FN2O2. The van der Waals surface area contributed by atoms with E-state index in [1.807, 2.05) is 13.0 Å². The number of aryl methyl sites for hydroxylation is 2.